The first-order chi connectivity index (χ1) is 14.4. The molecule has 0 aliphatic carbocycles. The van der Waals surface area contributed by atoms with Crippen LogP contribution in [0.5, 0.6) is 0 Å². The van der Waals surface area contributed by atoms with Gasteiger partial charge in [-0.2, -0.15) is 10.2 Å². The van der Waals surface area contributed by atoms with Crippen LogP contribution in [0.3, 0.4) is 0 Å². The fourth-order valence-electron chi connectivity index (χ4n) is 3.87. The Bertz CT molecular complexity index is 1140. The number of nitrogens with zero attached hydrogens (tertiary/aromatic N) is 4. The first-order valence-corrected chi connectivity index (χ1v) is 11.9. The van der Waals surface area contributed by atoms with Crippen molar-refractivity contribution in [2.45, 2.75) is 32.9 Å². The summed E-state index contributed by atoms with van der Waals surface area (Å²) in [6, 6.07) is 20.2. The largest absolute Gasteiger partial charge is 0.265 e. The third-order valence-electron chi connectivity index (χ3n) is 5.49. The molecule has 2 aromatic carbocycles. The molecular weight excluding hydrogens is 396 g/mol. The van der Waals surface area contributed by atoms with Crippen LogP contribution in [-0.2, 0) is 16.4 Å². The van der Waals surface area contributed by atoms with Crippen LogP contribution in [0.25, 0.3) is 0 Å². The number of aryl methyl sites for hydroxylation is 1. The van der Waals surface area contributed by atoms with E-state index < -0.39 is 9.84 Å². The predicted octanol–water partition coefficient (Wildman–Crippen LogP) is 3.90. The highest BCUT2D eigenvalue weighted by Crippen LogP contribution is 2.26. The number of hydrogen-bond acceptors (Lipinski definition) is 5. The molecule has 0 saturated carbocycles. The summed E-state index contributed by atoms with van der Waals surface area (Å²) in [5.74, 6) is 0.397. The molecule has 7 heteroatoms. The van der Waals surface area contributed by atoms with Crippen LogP contribution in [0, 0.1) is 13.8 Å². The number of sulfone groups is 1. The summed E-state index contributed by atoms with van der Waals surface area (Å²) in [7, 11) is -2.96. The van der Waals surface area contributed by atoms with E-state index in [0.29, 0.717) is 13.0 Å². The van der Waals surface area contributed by atoms with Gasteiger partial charge in [0.15, 0.2) is 9.84 Å². The lowest BCUT2D eigenvalue weighted by Crippen LogP contribution is -2.16. The van der Waals surface area contributed by atoms with Crippen LogP contribution in [-0.4, -0.2) is 35.9 Å². The van der Waals surface area contributed by atoms with Gasteiger partial charge in [0.05, 0.1) is 41.7 Å². The fourth-order valence-corrected chi connectivity index (χ4v) is 5.56. The van der Waals surface area contributed by atoms with Crippen molar-refractivity contribution in [3.8, 4) is 0 Å². The van der Waals surface area contributed by atoms with Crippen molar-refractivity contribution in [3.63, 3.8) is 0 Å². The molecule has 0 bridgehead atoms. The van der Waals surface area contributed by atoms with Gasteiger partial charge in [-0.05, 0) is 38.0 Å². The lowest BCUT2D eigenvalue weighted by Gasteiger charge is -2.19. The summed E-state index contributed by atoms with van der Waals surface area (Å²) in [5, 5.41) is 11.4. The van der Waals surface area contributed by atoms with E-state index in [4.69, 9.17) is 5.10 Å². The summed E-state index contributed by atoms with van der Waals surface area (Å²) < 4.78 is 25.6. The summed E-state index contributed by atoms with van der Waals surface area (Å²) in [5.41, 5.74) is 4.91. The predicted molar refractivity (Wildman–Crippen MR) is 121 cm³/mol. The molecule has 0 radical (unpaired) electrons. The average molecular weight is 423 g/mol. The van der Waals surface area contributed by atoms with Crippen molar-refractivity contribution in [3.05, 3.63) is 83.2 Å². The zero-order valence-corrected chi connectivity index (χ0v) is 18.1. The van der Waals surface area contributed by atoms with Crippen molar-refractivity contribution in [1.82, 2.24) is 9.78 Å². The van der Waals surface area contributed by atoms with Gasteiger partial charge in [0.1, 0.15) is 0 Å². The molecule has 1 aromatic heterocycles. The minimum absolute atomic E-state index is 0.0922. The molecule has 4 rings (SSSR count). The van der Waals surface area contributed by atoms with E-state index in [1.807, 2.05) is 78.3 Å². The highest BCUT2D eigenvalue weighted by Gasteiger charge is 2.31. The molecule has 1 aliphatic heterocycles. The summed E-state index contributed by atoms with van der Waals surface area (Å²) >= 11 is 0. The van der Waals surface area contributed by atoms with Gasteiger partial charge in [-0.25, -0.2) is 8.42 Å². The van der Waals surface area contributed by atoms with E-state index in [9.17, 15) is 8.42 Å². The number of anilines is 1. The molecule has 1 saturated heterocycles. The molecular formula is C23H26N4O2S. The van der Waals surface area contributed by atoms with Crippen LogP contribution in [0.2, 0.25) is 0 Å². The molecule has 1 atom stereocenters. The molecule has 6 nitrogen and oxygen atoms in total. The Morgan fingerprint density at radius 3 is 2.40 bits per heavy atom. The Morgan fingerprint density at radius 1 is 1.10 bits per heavy atom. The number of hydrazone groups is 1. The quantitative estimate of drug-likeness (QED) is 0.446. The molecule has 30 heavy (non-hydrogen) atoms. The molecule has 0 N–H and O–H groups in total. The van der Waals surface area contributed by atoms with E-state index in [0.717, 1.165) is 22.6 Å². The van der Waals surface area contributed by atoms with Crippen molar-refractivity contribution < 1.29 is 8.42 Å². The average Bonchev–Trinajstić information content (AvgIpc) is 3.25. The molecule has 1 fully saturated rings. The molecule has 3 aromatic rings. The topological polar surface area (TPSA) is 67.6 Å². The number of para-hydroxylation sites is 1. The van der Waals surface area contributed by atoms with Gasteiger partial charge in [0.2, 0.25) is 0 Å². The Labute approximate surface area is 177 Å². The van der Waals surface area contributed by atoms with E-state index in [-0.39, 0.29) is 17.5 Å². The van der Waals surface area contributed by atoms with Gasteiger partial charge < -0.3 is 0 Å². The van der Waals surface area contributed by atoms with Crippen LogP contribution < -0.4 is 5.01 Å². The first-order valence-electron chi connectivity index (χ1n) is 10.1. The number of hydrogen-bond donors (Lipinski definition) is 0. The second-order valence-electron chi connectivity index (χ2n) is 7.71. The number of rotatable bonds is 6. The van der Waals surface area contributed by atoms with E-state index in [1.165, 1.54) is 5.56 Å². The summed E-state index contributed by atoms with van der Waals surface area (Å²) in [4.78, 5) is 0. The SMILES string of the molecule is Cc1nn([C@H]2CCS(=O)(=O)C2)c(C)c1/C=N\N(Cc1ccccc1)c1ccccc1. The highest BCUT2D eigenvalue weighted by molar-refractivity contribution is 7.91. The standard InChI is InChI=1S/C23H26N4O2S/c1-18-23(19(2)27(25-18)22-13-14-30(28,29)17-22)15-24-26(21-11-7-4-8-12-21)16-20-9-5-3-6-10-20/h3-12,15,22H,13-14,16-17H2,1-2H3/b24-15-/t22-/m0/s1. The molecule has 1 aliphatic rings. The lowest BCUT2D eigenvalue weighted by atomic mass is 10.2. The summed E-state index contributed by atoms with van der Waals surface area (Å²) in [6.45, 7) is 4.57. The van der Waals surface area contributed by atoms with Crippen LogP contribution in [0.15, 0.2) is 65.8 Å². The second kappa shape index (κ2) is 8.44. The molecule has 0 spiro atoms. The Morgan fingerprint density at radius 2 is 1.77 bits per heavy atom. The van der Waals surface area contributed by atoms with Crippen LogP contribution >= 0.6 is 0 Å². The van der Waals surface area contributed by atoms with Crippen LogP contribution in [0.4, 0.5) is 5.69 Å². The molecule has 2 heterocycles. The van der Waals surface area contributed by atoms with Crippen LogP contribution in [0.1, 0.15) is 35.0 Å². The van der Waals surface area contributed by atoms with Gasteiger partial charge in [0, 0.05) is 11.3 Å². The maximum absolute atomic E-state index is 11.9. The molecule has 0 unspecified atom stereocenters. The van der Waals surface area contributed by atoms with Gasteiger partial charge in [-0.15, -0.1) is 0 Å². The third-order valence-corrected chi connectivity index (χ3v) is 7.24. The van der Waals surface area contributed by atoms with E-state index >= 15 is 0 Å². The van der Waals surface area contributed by atoms with Crippen molar-refractivity contribution in [2.24, 2.45) is 5.10 Å². The monoisotopic (exact) mass is 422 g/mol. The Balaban J connectivity index is 1.63. The molecule has 0 amide bonds. The first kappa shape index (κ1) is 20.3. The Kier molecular flexibility index (Phi) is 5.72. The minimum Gasteiger partial charge on any atom is -0.265 e. The zero-order chi connectivity index (χ0) is 21.1. The van der Waals surface area contributed by atoms with Gasteiger partial charge in [-0.1, -0.05) is 48.5 Å². The maximum Gasteiger partial charge on any atom is 0.152 e. The van der Waals surface area contributed by atoms with Gasteiger partial charge in [0.25, 0.3) is 0 Å². The smallest absolute Gasteiger partial charge is 0.152 e. The van der Waals surface area contributed by atoms with Crippen molar-refractivity contribution >= 4 is 21.7 Å². The fraction of sp³-hybridized carbons (Fsp3) is 0.304. The van der Waals surface area contributed by atoms with Gasteiger partial charge in [-0.3, -0.25) is 9.69 Å². The van der Waals surface area contributed by atoms with E-state index in [2.05, 4.69) is 17.2 Å². The van der Waals surface area contributed by atoms with Crippen molar-refractivity contribution in [2.75, 3.05) is 16.5 Å². The third kappa shape index (κ3) is 4.46. The van der Waals surface area contributed by atoms with E-state index in [1.54, 1.807) is 0 Å². The lowest BCUT2D eigenvalue weighted by molar-refractivity contribution is 0.486. The number of benzene rings is 2. The van der Waals surface area contributed by atoms with Crippen molar-refractivity contribution in [1.29, 1.82) is 0 Å². The summed E-state index contributed by atoms with van der Waals surface area (Å²) in [6.07, 6.45) is 2.46. The molecule has 156 valence electrons. The maximum atomic E-state index is 11.9. The minimum atomic E-state index is -2.96. The normalized spacial score (nSPS) is 18.1. The second-order valence-corrected chi connectivity index (χ2v) is 9.94. The van der Waals surface area contributed by atoms with Gasteiger partial charge >= 0.3 is 0 Å². The highest BCUT2D eigenvalue weighted by atomic mass is 32.2. The number of aromatic nitrogens is 2. The zero-order valence-electron chi connectivity index (χ0n) is 17.3. The Hall–Kier alpha value is -2.93.